The molecule has 2 N–H and O–H groups in total. The number of aromatic nitrogens is 3. The summed E-state index contributed by atoms with van der Waals surface area (Å²) in [6.45, 7) is 2.34. The van der Waals surface area contributed by atoms with Crippen molar-refractivity contribution in [2.45, 2.75) is 13.5 Å². The van der Waals surface area contributed by atoms with Crippen LogP contribution in [0.1, 0.15) is 20.5 Å². The van der Waals surface area contributed by atoms with E-state index in [9.17, 15) is 4.79 Å². The van der Waals surface area contributed by atoms with Gasteiger partial charge in [0.15, 0.2) is 0 Å². The number of aryl methyl sites for hydroxylation is 1. The van der Waals surface area contributed by atoms with Crippen LogP contribution in [-0.4, -0.2) is 28.1 Å². The van der Waals surface area contributed by atoms with Crippen molar-refractivity contribution in [2.24, 2.45) is 0 Å². The molecule has 90 valence electrons. The van der Waals surface area contributed by atoms with Gasteiger partial charge in [-0.1, -0.05) is 11.3 Å². The van der Waals surface area contributed by atoms with Crippen LogP contribution in [0.25, 0.3) is 0 Å². The Labute approximate surface area is 106 Å². The number of hydrogen-bond acceptors (Lipinski definition) is 7. The molecule has 2 rings (SSSR count). The van der Waals surface area contributed by atoms with Gasteiger partial charge in [0.25, 0.3) is 5.91 Å². The first-order valence-corrected chi connectivity index (χ1v) is 6.59. The molecule has 0 bridgehead atoms. The first-order valence-electron chi connectivity index (χ1n) is 4.89. The third-order valence-electron chi connectivity index (χ3n) is 1.90. The summed E-state index contributed by atoms with van der Waals surface area (Å²) < 4.78 is 0. The fraction of sp³-hybridized carbons (Fsp3) is 0.333. The van der Waals surface area contributed by atoms with E-state index in [2.05, 4.69) is 25.8 Å². The largest absolute Gasteiger partial charge is 0.363 e. The molecular formula is C9H11N5OS2. The number of rotatable bonds is 4. The van der Waals surface area contributed by atoms with Gasteiger partial charge in [-0.25, -0.2) is 4.98 Å². The maximum absolute atomic E-state index is 11.7. The lowest BCUT2D eigenvalue weighted by atomic mass is 10.5. The van der Waals surface area contributed by atoms with Gasteiger partial charge in [-0.2, -0.15) is 0 Å². The fourth-order valence-corrected chi connectivity index (χ4v) is 2.46. The van der Waals surface area contributed by atoms with Crippen molar-refractivity contribution in [3.63, 3.8) is 0 Å². The number of anilines is 1. The SMILES string of the molecule is CNc1nnc(C(=O)NCc2nc(C)cs2)s1. The Hall–Kier alpha value is -1.54. The van der Waals surface area contributed by atoms with Crippen LogP contribution in [0.4, 0.5) is 5.13 Å². The van der Waals surface area contributed by atoms with E-state index in [1.54, 1.807) is 7.05 Å². The Kier molecular flexibility index (Phi) is 3.64. The lowest BCUT2D eigenvalue weighted by molar-refractivity contribution is 0.0949. The van der Waals surface area contributed by atoms with Gasteiger partial charge < -0.3 is 10.6 Å². The van der Waals surface area contributed by atoms with Gasteiger partial charge in [-0.15, -0.1) is 21.5 Å². The highest BCUT2D eigenvalue weighted by Crippen LogP contribution is 2.14. The normalized spacial score (nSPS) is 10.2. The molecule has 2 heterocycles. The summed E-state index contributed by atoms with van der Waals surface area (Å²) in [5.74, 6) is -0.225. The van der Waals surface area contributed by atoms with Crippen LogP contribution < -0.4 is 10.6 Å². The molecule has 0 aliphatic rings. The highest BCUT2D eigenvalue weighted by Gasteiger charge is 2.12. The van der Waals surface area contributed by atoms with Crippen LogP contribution in [0.3, 0.4) is 0 Å². The van der Waals surface area contributed by atoms with E-state index in [1.165, 1.54) is 22.7 Å². The number of hydrogen-bond donors (Lipinski definition) is 2. The number of carbonyl (C=O) groups excluding carboxylic acids is 1. The van der Waals surface area contributed by atoms with E-state index >= 15 is 0 Å². The van der Waals surface area contributed by atoms with E-state index in [1.807, 2.05) is 12.3 Å². The summed E-state index contributed by atoms with van der Waals surface area (Å²) in [4.78, 5) is 16.0. The van der Waals surface area contributed by atoms with E-state index in [-0.39, 0.29) is 5.91 Å². The fourth-order valence-electron chi connectivity index (χ4n) is 1.13. The Balaban J connectivity index is 1.93. The van der Waals surface area contributed by atoms with Gasteiger partial charge in [-0.05, 0) is 6.92 Å². The molecule has 0 saturated heterocycles. The zero-order chi connectivity index (χ0) is 12.3. The second kappa shape index (κ2) is 5.19. The van der Waals surface area contributed by atoms with Crippen LogP contribution in [0, 0.1) is 6.92 Å². The predicted molar refractivity (Wildman–Crippen MR) is 67.5 cm³/mol. The molecule has 8 heteroatoms. The maximum atomic E-state index is 11.7. The Bertz CT molecular complexity index is 521. The third-order valence-corrected chi connectivity index (χ3v) is 3.81. The van der Waals surface area contributed by atoms with Crippen LogP contribution in [0.15, 0.2) is 5.38 Å². The molecule has 0 aliphatic heterocycles. The van der Waals surface area contributed by atoms with Crippen molar-refractivity contribution in [3.8, 4) is 0 Å². The van der Waals surface area contributed by atoms with Crippen molar-refractivity contribution < 1.29 is 4.79 Å². The highest BCUT2D eigenvalue weighted by molar-refractivity contribution is 7.17. The molecule has 0 spiro atoms. The van der Waals surface area contributed by atoms with Crippen molar-refractivity contribution in [1.82, 2.24) is 20.5 Å². The summed E-state index contributed by atoms with van der Waals surface area (Å²) in [6.07, 6.45) is 0. The molecule has 0 fully saturated rings. The molecule has 0 radical (unpaired) electrons. The molecule has 0 saturated carbocycles. The number of nitrogens with zero attached hydrogens (tertiary/aromatic N) is 3. The van der Waals surface area contributed by atoms with Crippen molar-refractivity contribution in [2.75, 3.05) is 12.4 Å². The van der Waals surface area contributed by atoms with Crippen LogP contribution in [0.5, 0.6) is 0 Å². The van der Waals surface area contributed by atoms with E-state index in [4.69, 9.17) is 0 Å². The summed E-state index contributed by atoms with van der Waals surface area (Å²) in [5.41, 5.74) is 0.965. The summed E-state index contributed by atoms with van der Waals surface area (Å²) in [5, 5.41) is 17.0. The highest BCUT2D eigenvalue weighted by atomic mass is 32.1. The number of carbonyl (C=O) groups is 1. The first kappa shape index (κ1) is 11.9. The third kappa shape index (κ3) is 2.98. The summed E-state index contributed by atoms with van der Waals surface area (Å²) in [7, 11) is 1.74. The number of thiazole rings is 1. The van der Waals surface area contributed by atoms with Crippen LogP contribution in [-0.2, 0) is 6.54 Å². The average Bonchev–Trinajstić information content (AvgIpc) is 2.94. The second-order valence-corrected chi connectivity index (χ2v) is 5.15. The monoisotopic (exact) mass is 269 g/mol. The van der Waals surface area contributed by atoms with Gasteiger partial charge in [0.2, 0.25) is 10.1 Å². The molecule has 6 nitrogen and oxygen atoms in total. The topological polar surface area (TPSA) is 79.8 Å². The molecular weight excluding hydrogens is 258 g/mol. The van der Waals surface area contributed by atoms with Crippen molar-refractivity contribution in [3.05, 3.63) is 21.1 Å². The van der Waals surface area contributed by atoms with E-state index in [0.29, 0.717) is 16.7 Å². The number of nitrogens with one attached hydrogen (secondary N) is 2. The smallest absolute Gasteiger partial charge is 0.282 e. The Morgan fingerprint density at radius 2 is 2.29 bits per heavy atom. The van der Waals surface area contributed by atoms with Crippen molar-refractivity contribution in [1.29, 1.82) is 0 Å². The molecule has 17 heavy (non-hydrogen) atoms. The second-order valence-electron chi connectivity index (χ2n) is 3.23. The van der Waals surface area contributed by atoms with Gasteiger partial charge in [0, 0.05) is 18.1 Å². The zero-order valence-corrected chi connectivity index (χ0v) is 11.0. The van der Waals surface area contributed by atoms with Gasteiger partial charge in [-0.3, -0.25) is 4.79 Å². The predicted octanol–water partition coefficient (Wildman–Crippen LogP) is 1.27. The minimum absolute atomic E-state index is 0.225. The molecule has 0 atom stereocenters. The zero-order valence-electron chi connectivity index (χ0n) is 9.35. The first-order chi connectivity index (χ1) is 8.19. The molecule has 2 aromatic rings. The number of amides is 1. The average molecular weight is 269 g/mol. The summed E-state index contributed by atoms with van der Waals surface area (Å²) in [6, 6.07) is 0. The van der Waals surface area contributed by atoms with Gasteiger partial charge >= 0.3 is 0 Å². The van der Waals surface area contributed by atoms with Gasteiger partial charge in [0.1, 0.15) is 5.01 Å². The lowest BCUT2D eigenvalue weighted by Crippen LogP contribution is -2.22. The van der Waals surface area contributed by atoms with Gasteiger partial charge in [0.05, 0.1) is 6.54 Å². The van der Waals surface area contributed by atoms with E-state index < -0.39 is 0 Å². The molecule has 2 aromatic heterocycles. The standard InChI is InChI=1S/C9H11N5OS2/c1-5-4-16-6(12-5)3-11-7(15)8-13-14-9(10-2)17-8/h4H,3H2,1-2H3,(H,10,14)(H,11,15). The summed E-state index contributed by atoms with van der Waals surface area (Å²) >= 11 is 2.74. The van der Waals surface area contributed by atoms with Crippen molar-refractivity contribution >= 4 is 33.7 Å². The minimum Gasteiger partial charge on any atom is -0.363 e. The van der Waals surface area contributed by atoms with Crippen LogP contribution >= 0.6 is 22.7 Å². The van der Waals surface area contributed by atoms with Crippen LogP contribution in [0.2, 0.25) is 0 Å². The Morgan fingerprint density at radius 1 is 1.47 bits per heavy atom. The maximum Gasteiger partial charge on any atom is 0.282 e. The molecule has 0 unspecified atom stereocenters. The lowest BCUT2D eigenvalue weighted by Gasteiger charge is -1.98. The molecule has 1 amide bonds. The van der Waals surface area contributed by atoms with E-state index in [0.717, 1.165) is 10.7 Å². The molecule has 0 aliphatic carbocycles. The quantitative estimate of drug-likeness (QED) is 0.874. The Morgan fingerprint density at radius 3 is 2.88 bits per heavy atom. The molecule has 0 aromatic carbocycles. The minimum atomic E-state index is -0.225.